The molecule has 0 fully saturated rings. The van der Waals surface area contributed by atoms with E-state index in [0.29, 0.717) is 23.0 Å². The van der Waals surface area contributed by atoms with Gasteiger partial charge in [-0.05, 0) is 42.8 Å². The number of benzene rings is 2. The maximum absolute atomic E-state index is 13.2. The highest BCUT2D eigenvalue weighted by molar-refractivity contribution is 5.66. The standard InChI is InChI=1S/C27H23N5O5/c1-3-20-5-4-6-23(28-20)37-22-13-11-21(12-14-22)29-25-30-26(35)31(16-15-24(33)34)27(36)32(25)17-19-9-7-18(2)8-10-19/h1,4-14H,15-17H2,2H3,(H,33,34)(H,29,30,35). The summed E-state index contributed by atoms with van der Waals surface area (Å²) in [5.41, 5.74) is 1.36. The molecule has 186 valence electrons. The molecular formula is C27H23N5O5. The molecule has 0 spiro atoms. The minimum Gasteiger partial charge on any atom is -0.481 e. The summed E-state index contributed by atoms with van der Waals surface area (Å²) in [6.45, 7) is 1.79. The quantitative estimate of drug-likeness (QED) is 0.338. The summed E-state index contributed by atoms with van der Waals surface area (Å²) < 4.78 is 7.85. The van der Waals surface area contributed by atoms with E-state index < -0.39 is 17.3 Å². The van der Waals surface area contributed by atoms with Crippen LogP contribution in [0.25, 0.3) is 0 Å². The van der Waals surface area contributed by atoms with Gasteiger partial charge in [0.25, 0.3) is 0 Å². The van der Waals surface area contributed by atoms with Gasteiger partial charge in [-0.25, -0.2) is 19.1 Å². The number of aryl methyl sites for hydroxylation is 1. The van der Waals surface area contributed by atoms with Crippen LogP contribution in [-0.2, 0) is 17.9 Å². The maximum atomic E-state index is 13.2. The Morgan fingerprint density at radius 2 is 1.76 bits per heavy atom. The van der Waals surface area contributed by atoms with Gasteiger partial charge in [0.15, 0.2) is 0 Å². The Kier molecular flexibility index (Phi) is 7.45. The van der Waals surface area contributed by atoms with Gasteiger partial charge in [-0.15, -0.1) is 6.42 Å². The highest BCUT2D eigenvalue weighted by atomic mass is 16.5. The Morgan fingerprint density at radius 3 is 2.43 bits per heavy atom. The van der Waals surface area contributed by atoms with Gasteiger partial charge in [-0.2, -0.15) is 4.98 Å². The number of carboxylic acids is 1. The monoisotopic (exact) mass is 497 g/mol. The Hall–Kier alpha value is -5.17. The smallest absolute Gasteiger partial charge is 0.354 e. The lowest BCUT2D eigenvalue weighted by molar-refractivity contribution is -0.137. The van der Waals surface area contributed by atoms with Crippen LogP contribution in [0.5, 0.6) is 11.6 Å². The van der Waals surface area contributed by atoms with Crippen LogP contribution in [0.1, 0.15) is 23.2 Å². The summed E-state index contributed by atoms with van der Waals surface area (Å²) in [5.74, 6) is 2.20. The van der Waals surface area contributed by atoms with E-state index in [1.807, 2.05) is 31.2 Å². The number of carboxylic acid groups (broad SMARTS) is 1. The van der Waals surface area contributed by atoms with Crippen molar-refractivity contribution in [1.29, 1.82) is 0 Å². The second-order valence-electron chi connectivity index (χ2n) is 8.12. The number of terminal acetylenes is 1. The van der Waals surface area contributed by atoms with Crippen LogP contribution in [0.3, 0.4) is 0 Å². The lowest BCUT2D eigenvalue weighted by Crippen LogP contribution is -2.43. The van der Waals surface area contributed by atoms with Gasteiger partial charge in [-0.1, -0.05) is 41.8 Å². The molecule has 4 rings (SSSR count). The largest absolute Gasteiger partial charge is 0.481 e. The lowest BCUT2D eigenvalue weighted by Gasteiger charge is -2.16. The first kappa shape index (κ1) is 24.9. The Bertz CT molecular complexity index is 1580. The number of hydrogen-bond acceptors (Lipinski definition) is 7. The van der Waals surface area contributed by atoms with Crippen molar-refractivity contribution in [3.8, 4) is 24.0 Å². The SMILES string of the molecule is C#Cc1cccc(Oc2ccc(Nc3nc(=O)n(CCC(=O)O)c(=O)n3Cc3ccc(C)cc3)cc2)n1. The first-order chi connectivity index (χ1) is 17.8. The number of aromatic nitrogens is 4. The average molecular weight is 498 g/mol. The number of anilines is 2. The third-order valence-electron chi connectivity index (χ3n) is 5.36. The highest BCUT2D eigenvalue weighted by Gasteiger charge is 2.15. The van der Waals surface area contributed by atoms with E-state index in [1.165, 1.54) is 4.57 Å². The zero-order valence-corrected chi connectivity index (χ0v) is 19.9. The van der Waals surface area contributed by atoms with Gasteiger partial charge in [0.1, 0.15) is 11.4 Å². The van der Waals surface area contributed by atoms with E-state index in [0.717, 1.165) is 15.7 Å². The van der Waals surface area contributed by atoms with Crippen LogP contribution in [0.2, 0.25) is 0 Å². The molecule has 2 aromatic heterocycles. The van der Waals surface area contributed by atoms with Gasteiger partial charge < -0.3 is 15.2 Å². The molecule has 0 amide bonds. The second kappa shape index (κ2) is 11.0. The average Bonchev–Trinajstić information content (AvgIpc) is 2.88. The molecule has 0 saturated heterocycles. The van der Waals surface area contributed by atoms with Crippen molar-refractivity contribution in [2.45, 2.75) is 26.4 Å². The molecule has 2 N–H and O–H groups in total. The summed E-state index contributed by atoms with van der Waals surface area (Å²) in [6, 6.07) is 19.4. The van der Waals surface area contributed by atoms with Gasteiger partial charge in [0.2, 0.25) is 11.8 Å². The minimum atomic E-state index is -1.12. The number of hydrogen-bond donors (Lipinski definition) is 2. The van der Waals surface area contributed by atoms with Crippen molar-refractivity contribution in [2.75, 3.05) is 5.32 Å². The fraction of sp³-hybridized carbons (Fsp3) is 0.148. The third-order valence-corrected chi connectivity index (χ3v) is 5.36. The lowest BCUT2D eigenvalue weighted by atomic mass is 10.1. The number of nitrogens with zero attached hydrogens (tertiary/aromatic N) is 4. The first-order valence-corrected chi connectivity index (χ1v) is 11.3. The molecule has 2 aromatic carbocycles. The topological polar surface area (TPSA) is 128 Å². The van der Waals surface area contributed by atoms with Crippen LogP contribution in [-0.4, -0.2) is 30.2 Å². The predicted molar refractivity (Wildman–Crippen MR) is 137 cm³/mol. The van der Waals surface area contributed by atoms with Gasteiger partial charge in [0.05, 0.1) is 13.0 Å². The Morgan fingerprint density at radius 1 is 1.03 bits per heavy atom. The molecular weight excluding hydrogens is 474 g/mol. The summed E-state index contributed by atoms with van der Waals surface area (Å²) in [7, 11) is 0. The van der Waals surface area contributed by atoms with Crippen molar-refractivity contribution in [3.63, 3.8) is 0 Å². The van der Waals surface area contributed by atoms with E-state index in [9.17, 15) is 14.4 Å². The zero-order chi connectivity index (χ0) is 26.4. The minimum absolute atomic E-state index is 0.0270. The van der Waals surface area contributed by atoms with Gasteiger partial charge in [-0.3, -0.25) is 9.36 Å². The van der Waals surface area contributed by atoms with Gasteiger partial charge >= 0.3 is 17.3 Å². The number of rotatable bonds is 9. The molecule has 0 aliphatic heterocycles. The summed E-state index contributed by atoms with van der Waals surface area (Å²) in [5, 5.41) is 12.0. The summed E-state index contributed by atoms with van der Waals surface area (Å²) in [6.07, 6.45) is 5.00. The molecule has 2 heterocycles. The third kappa shape index (κ3) is 6.29. The highest BCUT2D eigenvalue weighted by Crippen LogP contribution is 2.23. The molecule has 0 atom stereocenters. The van der Waals surface area contributed by atoms with Crippen molar-refractivity contribution >= 4 is 17.6 Å². The molecule has 10 nitrogen and oxygen atoms in total. The van der Waals surface area contributed by atoms with E-state index in [1.54, 1.807) is 42.5 Å². The maximum Gasteiger partial charge on any atom is 0.354 e. The van der Waals surface area contributed by atoms with E-state index in [4.69, 9.17) is 16.3 Å². The number of aliphatic carboxylic acids is 1. The van der Waals surface area contributed by atoms with Crippen LogP contribution in [0.4, 0.5) is 11.6 Å². The van der Waals surface area contributed by atoms with Crippen LogP contribution in [0, 0.1) is 19.3 Å². The number of nitrogens with one attached hydrogen (secondary N) is 1. The Labute approximate surface area is 211 Å². The zero-order valence-electron chi connectivity index (χ0n) is 19.9. The molecule has 10 heteroatoms. The number of ether oxygens (including phenoxy) is 1. The predicted octanol–water partition coefficient (Wildman–Crippen LogP) is 3.15. The van der Waals surface area contributed by atoms with E-state index in [2.05, 4.69) is 21.2 Å². The summed E-state index contributed by atoms with van der Waals surface area (Å²) in [4.78, 5) is 45.0. The first-order valence-electron chi connectivity index (χ1n) is 11.3. The Balaban J connectivity index is 1.63. The number of pyridine rings is 1. The van der Waals surface area contributed by atoms with Crippen molar-refractivity contribution in [2.24, 2.45) is 0 Å². The molecule has 4 aromatic rings. The fourth-order valence-corrected chi connectivity index (χ4v) is 3.45. The van der Waals surface area contributed by atoms with Crippen LogP contribution < -0.4 is 21.4 Å². The molecule has 0 saturated carbocycles. The molecule has 37 heavy (non-hydrogen) atoms. The van der Waals surface area contributed by atoms with Crippen LogP contribution >= 0.6 is 0 Å². The molecule has 0 bridgehead atoms. The molecule has 0 radical (unpaired) electrons. The normalized spacial score (nSPS) is 10.5. The molecule has 0 aliphatic rings. The van der Waals surface area contributed by atoms with E-state index in [-0.39, 0.29) is 25.5 Å². The van der Waals surface area contributed by atoms with E-state index >= 15 is 0 Å². The fourth-order valence-electron chi connectivity index (χ4n) is 3.45. The van der Waals surface area contributed by atoms with Crippen molar-refractivity contribution < 1.29 is 14.6 Å². The van der Waals surface area contributed by atoms with Crippen LogP contribution in [0.15, 0.2) is 76.3 Å². The summed E-state index contributed by atoms with van der Waals surface area (Å²) >= 11 is 0. The van der Waals surface area contributed by atoms with Crippen molar-refractivity contribution in [3.05, 3.63) is 105 Å². The van der Waals surface area contributed by atoms with Gasteiger partial charge in [0, 0.05) is 18.3 Å². The molecule has 0 aliphatic carbocycles. The van der Waals surface area contributed by atoms with Crippen molar-refractivity contribution in [1.82, 2.24) is 19.1 Å². The second-order valence-corrected chi connectivity index (χ2v) is 8.12. The number of carbonyl (C=O) groups is 1. The molecule has 0 unspecified atom stereocenters.